The van der Waals surface area contributed by atoms with E-state index in [2.05, 4.69) is 4.98 Å². The van der Waals surface area contributed by atoms with Crippen LogP contribution in [0.3, 0.4) is 0 Å². The van der Waals surface area contributed by atoms with E-state index in [0.29, 0.717) is 18.8 Å². The summed E-state index contributed by atoms with van der Waals surface area (Å²) in [7, 11) is 1.93. The maximum absolute atomic E-state index is 7.37. The van der Waals surface area contributed by atoms with Crippen molar-refractivity contribution in [1.82, 2.24) is 9.55 Å². The minimum atomic E-state index is 0.0703. The first-order valence-corrected chi connectivity index (χ1v) is 5.64. The molecular weight excluding hydrogens is 228 g/mol. The highest BCUT2D eigenvalue weighted by Gasteiger charge is 2.01. The number of rotatable bonds is 5. The summed E-state index contributed by atoms with van der Waals surface area (Å²) in [5, 5.41) is 7.37. The van der Waals surface area contributed by atoms with Gasteiger partial charge in [0, 0.05) is 25.0 Å². The van der Waals surface area contributed by atoms with Crippen molar-refractivity contribution in [3.8, 4) is 0 Å². The van der Waals surface area contributed by atoms with Crippen molar-refractivity contribution in [3.63, 3.8) is 0 Å². The highest BCUT2D eigenvalue weighted by Crippen LogP contribution is 2.07. The minimum absolute atomic E-state index is 0.0703. The quantitative estimate of drug-likeness (QED) is 0.617. The van der Waals surface area contributed by atoms with E-state index in [1.165, 1.54) is 0 Å². The second-order valence-corrected chi connectivity index (χ2v) is 4.06. The molecule has 1 aromatic heterocycles. The Bertz CT molecular complexity index is 547. The largest absolute Gasteiger partial charge is 0.384 e. The Morgan fingerprint density at radius 2 is 2.28 bits per heavy atom. The molecule has 2 aromatic rings. The van der Waals surface area contributed by atoms with Crippen LogP contribution in [0.5, 0.6) is 0 Å². The van der Waals surface area contributed by atoms with Gasteiger partial charge in [-0.25, -0.2) is 4.98 Å². The van der Waals surface area contributed by atoms with Gasteiger partial charge < -0.3 is 15.0 Å². The lowest BCUT2D eigenvalue weighted by Gasteiger charge is -2.06. The number of benzene rings is 1. The number of ether oxygens (including phenoxy) is 1. The van der Waals surface area contributed by atoms with Gasteiger partial charge in [-0.2, -0.15) is 0 Å². The predicted octanol–water partition coefficient (Wildman–Crippen LogP) is 1.42. The summed E-state index contributed by atoms with van der Waals surface area (Å²) in [4.78, 5) is 4.18. The molecule has 1 aromatic carbocycles. The second kappa shape index (κ2) is 5.46. The number of hydrogen-bond donors (Lipinski definition) is 2. The Kier molecular flexibility index (Phi) is 3.74. The van der Waals surface area contributed by atoms with Gasteiger partial charge >= 0.3 is 0 Å². The van der Waals surface area contributed by atoms with Crippen molar-refractivity contribution in [3.05, 3.63) is 53.6 Å². The maximum Gasteiger partial charge on any atom is 0.134 e. The summed E-state index contributed by atoms with van der Waals surface area (Å²) < 4.78 is 7.51. The molecule has 0 fully saturated rings. The van der Waals surface area contributed by atoms with Gasteiger partial charge in [-0.1, -0.05) is 18.2 Å². The maximum atomic E-state index is 7.37. The van der Waals surface area contributed by atoms with Gasteiger partial charge in [0.1, 0.15) is 18.3 Å². The van der Waals surface area contributed by atoms with Gasteiger partial charge in [-0.15, -0.1) is 0 Å². The van der Waals surface area contributed by atoms with Gasteiger partial charge in [0.2, 0.25) is 0 Å². The number of nitrogens with zero attached hydrogens (tertiary/aromatic N) is 2. The molecule has 18 heavy (non-hydrogen) atoms. The molecule has 94 valence electrons. The van der Waals surface area contributed by atoms with Gasteiger partial charge in [-0.05, 0) is 11.6 Å². The SMILES string of the molecule is Cn1ccnc1COCc1cccc(C(=N)N)c1. The van der Waals surface area contributed by atoms with Crippen LogP contribution in [-0.4, -0.2) is 15.4 Å². The van der Waals surface area contributed by atoms with Crippen molar-refractivity contribution in [1.29, 1.82) is 5.41 Å². The van der Waals surface area contributed by atoms with E-state index < -0.39 is 0 Å². The first-order valence-electron chi connectivity index (χ1n) is 5.64. The van der Waals surface area contributed by atoms with Crippen molar-refractivity contribution in [2.24, 2.45) is 12.8 Å². The predicted molar refractivity (Wildman–Crippen MR) is 69.2 cm³/mol. The molecule has 0 amide bonds. The molecule has 0 aliphatic rings. The third kappa shape index (κ3) is 2.95. The smallest absolute Gasteiger partial charge is 0.134 e. The molecule has 0 spiro atoms. The zero-order valence-electron chi connectivity index (χ0n) is 10.3. The fraction of sp³-hybridized carbons (Fsp3) is 0.231. The van der Waals surface area contributed by atoms with Crippen LogP contribution in [0.25, 0.3) is 0 Å². The summed E-state index contributed by atoms with van der Waals surface area (Å²) in [6.07, 6.45) is 3.63. The fourth-order valence-corrected chi connectivity index (χ4v) is 1.62. The van der Waals surface area contributed by atoms with Gasteiger partial charge in [-0.3, -0.25) is 5.41 Å². The van der Waals surface area contributed by atoms with Gasteiger partial charge in [0.25, 0.3) is 0 Å². The molecule has 0 saturated heterocycles. The lowest BCUT2D eigenvalue weighted by molar-refractivity contribution is 0.1000. The van der Waals surface area contributed by atoms with Crippen molar-refractivity contribution < 1.29 is 4.74 Å². The molecule has 0 aliphatic carbocycles. The van der Waals surface area contributed by atoms with Crippen LogP contribution in [0.15, 0.2) is 36.7 Å². The Labute approximate surface area is 106 Å². The number of nitrogen functional groups attached to an aromatic ring is 1. The fourth-order valence-electron chi connectivity index (χ4n) is 1.62. The lowest BCUT2D eigenvalue weighted by Crippen LogP contribution is -2.11. The Hall–Kier alpha value is -2.14. The molecule has 1 heterocycles. The van der Waals surface area contributed by atoms with E-state index in [-0.39, 0.29) is 5.84 Å². The van der Waals surface area contributed by atoms with Crippen LogP contribution >= 0.6 is 0 Å². The van der Waals surface area contributed by atoms with Crippen molar-refractivity contribution in [2.75, 3.05) is 0 Å². The number of imidazole rings is 1. The average molecular weight is 244 g/mol. The third-order valence-corrected chi connectivity index (χ3v) is 2.66. The number of hydrogen-bond acceptors (Lipinski definition) is 3. The first kappa shape index (κ1) is 12.3. The van der Waals surface area contributed by atoms with Gasteiger partial charge in [0.05, 0.1) is 6.61 Å². The van der Waals surface area contributed by atoms with Crippen molar-refractivity contribution in [2.45, 2.75) is 13.2 Å². The molecule has 0 atom stereocenters. The number of nitrogens with one attached hydrogen (secondary N) is 1. The summed E-state index contributed by atoms with van der Waals surface area (Å²) in [6, 6.07) is 7.49. The molecule has 5 heteroatoms. The van der Waals surface area contributed by atoms with E-state index in [1.807, 2.05) is 42.1 Å². The van der Waals surface area contributed by atoms with Crippen LogP contribution in [0.2, 0.25) is 0 Å². The lowest BCUT2D eigenvalue weighted by atomic mass is 10.1. The van der Waals surface area contributed by atoms with E-state index in [4.69, 9.17) is 15.9 Å². The number of nitrogens with two attached hydrogens (primary N) is 1. The van der Waals surface area contributed by atoms with Crippen LogP contribution in [-0.2, 0) is 25.0 Å². The summed E-state index contributed by atoms with van der Waals surface area (Å²) >= 11 is 0. The topological polar surface area (TPSA) is 76.9 Å². The van der Waals surface area contributed by atoms with Gasteiger partial charge in [0.15, 0.2) is 0 Å². The molecule has 0 saturated carbocycles. The highest BCUT2D eigenvalue weighted by atomic mass is 16.5. The van der Waals surface area contributed by atoms with E-state index in [1.54, 1.807) is 6.20 Å². The Morgan fingerprint density at radius 1 is 1.44 bits per heavy atom. The zero-order chi connectivity index (χ0) is 13.0. The molecular formula is C13H16N4O. The van der Waals surface area contributed by atoms with Crippen LogP contribution in [0, 0.1) is 5.41 Å². The van der Waals surface area contributed by atoms with E-state index >= 15 is 0 Å². The van der Waals surface area contributed by atoms with E-state index in [9.17, 15) is 0 Å². The van der Waals surface area contributed by atoms with Crippen molar-refractivity contribution >= 4 is 5.84 Å². The first-order chi connectivity index (χ1) is 8.66. The molecule has 5 nitrogen and oxygen atoms in total. The zero-order valence-corrected chi connectivity index (χ0v) is 10.3. The normalized spacial score (nSPS) is 10.5. The number of amidine groups is 1. The summed E-state index contributed by atoms with van der Waals surface area (Å²) in [5.74, 6) is 0.957. The summed E-state index contributed by atoms with van der Waals surface area (Å²) in [6.45, 7) is 0.946. The van der Waals surface area contributed by atoms with Crippen LogP contribution in [0.4, 0.5) is 0 Å². The Morgan fingerprint density at radius 3 is 2.94 bits per heavy atom. The highest BCUT2D eigenvalue weighted by molar-refractivity contribution is 5.95. The molecule has 3 N–H and O–H groups in total. The number of aryl methyl sites for hydroxylation is 1. The monoisotopic (exact) mass is 244 g/mol. The molecule has 0 unspecified atom stereocenters. The molecule has 0 bridgehead atoms. The summed E-state index contributed by atoms with van der Waals surface area (Å²) in [5.41, 5.74) is 7.15. The van der Waals surface area contributed by atoms with Crippen LogP contribution in [0.1, 0.15) is 17.0 Å². The third-order valence-electron chi connectivity index (χ3n) is 2.66. The van der Waals surface area contributed by atoms with E-state index in [0.717, 1.165) is 11.4 Å². The Balaban J connectivity index is 1.92. The van der Waals surface area contributed by atoms with Crippen LogP contribution < -0.4 is 5.73 Å². The molecule has 2 rings (SSSR count). The second-order valence-electron chi connectivity index (χ2n) is 4.06. The number of aromatic nitrogens is 2. The molecule has 0 radical (unpaired) electrons. The minimum Gasteiger partial charge on any atom is -0.384 e. The standard InChI is InChI=1S/C13H16N4O/c1-17-6-5-16-12(17)9-18-8-10-3-2-4-11(7-10)13(14)15/h2-7H,8-9H2,1H3,(H3,14,15). The average Bonchev–Trinajstić information content (AvgIpc) is 2.76. The molecule has 0 aliphatic heterocycles.